The lowest BCUT2D eigenvalue weighted by atomic mass is 10.1. The zero-order valence-electron chi connectivity index (χ0n) is 15.5. The van der Waals surface area contributed by atoms with E-state index < -0.39 is 0 Å². The van der Waals surface area contributed by atoms with Gasteiger partial charge in [-0.2, -0.15) is 0 Å². The molecule has 0 bridgehead atoms. The number of aromatic nitrogens is 2. The number of carbonyl (C=O) groups excluding carboxylic acids is 1. The smallest absolute Gasteiger partial charge is 0.222 e. The molecule has 134 valence electrons. The molecular weight excluding hydrogens is 322 g/mol. The molecule has 1 aliphatic rings. The summed E-state index contributed by atoms with van der Waals surface area (Å²) in [7, 11) is 0. The second-order valence-electron chi connectivity index (χ2n) is 7.13. The second kappa shape index (κ2) is 6.94. The lowest BCUT2D eigenvalue weighted by Gasteiger charge is -2.25. The first-order valence-electron chi connectivity index (χ1n) is 9.47. The molecule has 0 spiro atoms. The summed E-state index contributed by atoms with van der Waals surface area (Å²) in [4.78, 5) is 19.4. The molecule has 0 unspecified atom stereocenters. The van der Waals surface area contributed by atoms with Gasteiger partial charge in [-0.3, -0.25) is 4.79 Å². The molecular formula is C22H25N3O. The van der Waals surface area contributed by atoms with E-state index in [1.165, 1.54) is 11.1 Å². The van der Waals surface area contributed by atoms with Crippen LogP contribution < -0.4 is 0 Å². The maximum Gasteiger partial charge on any atom is 0.222 e. The zero-order chi connectivity index (χ0) is 18.1. The molecule has 0 radical (unpaired) electrons. The number of aryl methyl sites for hydroxylation is 1. The highest BCUT2D eigenvalue weighted by atomic mass is 16.2. The van der Waals surface area contributed by atoms with E-state index in [-0.39, 0.29) is 11.9 Å². The molecule has 26 heavy (non-hydrogen) atoms. The Morgan fingerprint density at radius 1 is 1.15 bits per heavy atom. The Bertz CT molecular complexity index is 926. The fraction of sp³-hybridized carbons (Fsp3) is 0.364. The van der Waals surface area contributed by atoms with Crippen LogP contribution >= 0.6 is 0 Å². The van der Waals surface area contributed by atoms with Crippen molar-refractivity contribution in [3.63, 3.8) is 0 Å². The number of likely N-dealkylation sites (tertiary alicyclic amines) is 1. The molecule has 1 saturated heterocycles. The van der Waals surface area contributed by atoms with E-state index in [0.29, 0.717) is 6.42 Å². The van der Waals surface area contributed by atoms with Crippen LogP contribution in [0.3, 0.4) is 0 Å². The van der Waals surface area contributed by atoms with Crippen LogP contribution in [0, 0.1) is 6.92 Å². The van der Waals surface area contributed by atoms with Gasteiger partial charge in [0.15, 0.2) is 0 Å². The molecule has 4 heteroatoms. The van der Waals surface area contributed by atoms with Gasteiger partial charge in [0.1, 0.15) is 5.82 Å². The van der Waals surface area contributed by atoms with Crippen LogP contribution in [-0.4, -0.2) is 26.9 Å². The van der Waals surface area contributed by atoms with Crippen LogP contribution in [0.1, 0.15) is 49.2 Å². The van der Waals surface area contributed by atoms with Gasteiger partial charge in [0.2, 0.25) is 5.91 Å². The van der Waals surface area contributed by atoms with Crippen molar-refractivity contribution in [1.29, 1.82) is 0 Å². The van der Waals surface area contributed by atoms with E-state index in [0.717, 1.165) is 42.8 Å². The minimum atomic E-state index is 0.0836. The van der Waals surface area contributed by atoms with Crippen LogP contribution in [0.5, 0.6) is 0 Å². The third kappa shape index (κ3) is 3.00. The first-order chi connectivity index (χ1) is 12.7. The van der Waals surface area contributed by atoms with Crippen LogP contribution in [0.25, 0.3) is 11.0 Å². The normalized spacial score (nSPS) is 17.2. The molecule has 4 rings (SSSR count). The monoisotopic (exact) mass is 347 g/mol. The predicted molar refractivity (Wildman–Crippen MR) is 104 cm³/mol. The van der Waals surface area contributed by atoms with E-state index in [4.69, 9.17) is 4.98 Å². The third-order valence-electron chi connectivity index (χ3n) is 5.32. The quantitative estimate of drug-likeness (QED) is 0.698. The van der Waals surface area contributed by atoms with Crippen molar-refractivity contribution in [3.05, 3.63) is 65.5 Å². The maximum atomic E-state index is 12.4. The lowest BCUT2D eigenvalue weighted by Crippen LogP contribution is -2.31. The molecule has 1 aliphatic heterocycles. The summed E-state index contributed by atoms with van der Waals surface area (Å²) in [6.07, 6.45) is 2.59. The molecule has 0 aliphatic carbocycles. The van der Waals surface area contributed by atoms with Crippen molar-refractivity contribution in [1.82, 2.24) is 14.5 Å². The van der Waals surface area contributed by atoms with Crippen molar-refractivity contribution < 1.29 is 4.79 Å². The number of amides is 1. The summed E-state index contributed by atoms with van der Waals surface area (Å²) < 4.78 is 2.30. The SMILES string of the molecule is CCC(=O)N1CCC[C@H]1c1nc2ccccc2n1Cc1ccc(C)cc1. The van der Waals surface area contributed by atoms with Crippen LogP contribution in [-0.2, 0) is 11.3 Å². The summed E-state index contributed by atoms with van der Waals surface area (Å²) in [5, 5.41) is 0. The van der Waals surface area contributed by atoms with Crippen molar-refractivity contribution in [3.8, 4) is 0 Å². The highest BCUT2D eigenvalue weighted by Gasteiger charge is 2.32. The summed E-state index contributed by atoms with van der Waals surface area (Å²) in [6, 6.07) is 17.0. The standard InChI is InChI=1S/C22H25N3O/c1-3-21(26)24-14-6-9-20(24)22-23-18-7-4-5-8-19(18)25(22)15-17-12-10-16(2)11-13-17/h4-5,7-8,10-13,20H,3,6,9,14-15H2,1-2H3/t20-/m0/s1. The fourth-order valence-electron chi connectivity index (χ4n) is 3.93. The first kappa shape index (κ1) is 16.8. The molecule has 2 aromatic carbocycles. The topological polar surface area (TPSA) is 38.1 Å². The van der Waals surface area contributed by atoms with E-state index in [1.807, 2.05) is 17.9 Å². The highest BCUT2D eigenvalue weighted by molar-refractivity contribution is 5.78. The lowest BCUT2D eigenvalue weighted by molar-refractivity contribution is -0.131. The molecule has 3 aromatic rings. The minimum Gasteiger partial charge on any atom is -0.333 e. The maximum absolute atomic E-state index is 12.4. The Morgan fingerprint density at radius 2 is 1.92 bits per heavy atom. The van der Waals surface area contributed by atoms with Gasteiger partial charge in [-0.05, 0) is 37.5 Å². The number of fused-ring (bicyclic) bond motifs is 1. The van der Waals surface area contributed by atoms with E-state index >= 15 is 0 Å². The van der Waals surface area contributed by atoms with Gasteiger partial charge in [-0.1, -0.05) is 48.9 Å². The molecule has 0 saturated carbocycles. The number of imidazole rings is 1. The van der Waals surface area contributed by atoms with Crippen LogP contribution in [0.2, 0.25) is 0 Å². The Kier molecular flexibility index (Phi) is 4.49. The summed E-state index contributed by atoms with van der Waals surface area (Å²) in [5.41, 5.74) is 4.66. The third-order valence-corrected chi connectivity index (χ3v) is 5.32. The Balaban J connectivity index is 1.79. The highest BCUT2D eigenvalue weighted by Crippen LogP contribution is 2.34. The van der Waals surface area contributed by atoms with Gasteiger partial charge in [-0.25, -0.2) is 4.98 Å². The average Bonchev–Trinajstić information content (AvgIpc) is 3.28. The number of hydrogen-bond donors (Lipinski definition) is 0. The number of benzene rings is 2. The van der Waals surface area contributed by atoms with Crippen molar-refractivity contribution in [2.45, 2.75) is 45.7 Å². The largest absolute Gasteiger partial charge is 0.333 e. The summed E-state index contributed by atoms with van der Waals surface area (Å²) in [5.74, 6) is 1.24. The van der Waals surface area contributed by atoms with Gasteiger partial charge >= 0.3 is 0 Å². The Hall–Kier alpha value is -2.62. The van der Waals surface area contributed by atoms with E-state index in [1.54, 1.807) is 0 Å². The Morgan fingerprint density at radius 3 is 2.69 bits per heavy atom. The second-order valence-corrected chi connectivity index (χ2v) is 7.13. The van der Waals surface area contributed by atoms with Crippen LogP contribution in [0.15, 0.2) is 48.5 Å². The average molecular weight is 347 g/mol. The number of rotatable bonds is 4. The number of hydrogen-bond acceptors (Lipinski definition) is 2. The molecule has 4 nitrogen and oxygen atoms in total. The fourth-order valence-corrected chi connectivity index (χ4v) is 3.93. The predicted octanol–water partition coefficient (Wildman–Crippen LogP) is 4.47. The minimum absolute atomic E-state index is 0.0836. The van der Waals surface area contributed by atoms with Crippen LogP contribution in [0.4, 0.5) is 0 Å². The summed E-state index contributed by atoms with van der Waals surface area (Å²) >= 11 is 0. The van der Waals surface area contributed by atoms with E-state index in [2.05, 4.69) is 54.0 Å². The molecule has 0 N–H and O–H groups in total. The van der Waals surface area contributed by atoms with Crippen molar-refractivity contribution in [2.75, 3.05) is 6.54 Å². The number of para-hydroxylation sites is 2. The van der Waals surface area contributed by atoms with Gasteiger partial charge in [-0.15, -0.1) is 0 Å². The summed E-state index contributed by atoms with van der Waals surface area (Å²) in [6.45, 7) is 5.66. The molecule has 2 heterocycles. The van der Waals surface area contributed by atoms with Crippen molar-refractivity contribution >= 4 is 16.9 Å². The molecule has 1 amide bonds. The van der Waals surface area contributed by atoms with Gasteiger partial charge in [0, 0.05) is 19.5 Å². The molecule has 1 atom stereocenters. The molecule has 1 aromatic heterocycles. The molecule has 1 fully saturated rings. The van der Waals surface area contributed by atoms with Crippen molar-refractivity contribution in [2.24, 2.45) is 0 Å². The first-order valence-corrected chi connectivity index (χ1v) is 9.47. The van der Waals surface area contributed by atoms with Gasteiger partial charge < -0.3 is 9.47 Å². The zero-order valence-corrected chi connectivity index (χ0v) is 15.5. The van der Waals surface area contributed by atoms with Gasteiger partial charge in [0.25, 0.3) is 0 Å². The number of nitrogens with zero attached hydrogens (tertiary/aromatic N) is 3. The number of carbonyl (C=O) groups is 1. The van der Waals surface area contributed by atoms with E-state index in [9.17, 15) is 4.79 Å². The Labute approximate surface area is 154 Å². The van der Waals surface area contributed by atoms with Gasteiger partial charge in [0.05, 0.1) is 17.1 Å².